The SMILES string of the molecule is CN(C)C(=O)c1cc(CN(CCC#N)c2cc(F)cc(F)c2)c2oc(N3CCOCC3)cc(=O)c2c1. The second-order valence-corrected chi connectivity index (χ2v) is 8.72. The van der Waals surface area contributed by atoms with Crippen molar-refractivity contribution in [3.63, 3.8) is 0 Å². The molecular weight excluding hydrogens is 470 g/mol. The lowest BCUT2D eigenvalue weighted by Crippen LogP contribution is -2.36. The summed E-state index contributed by atoms with van der Waals surface area (Å²) in [5, 5.41) is 9.38. The molecule has 0 unspecified atom stereocenters. The minimum Gasteiger partial charge on any atom is -0.440 e. The summed E-state index contributed by atoms with van der Waals surface area (Å²) in [6.07, 6.45) is 0.0926. The maximum absolute atomic E-state index is 14.0. The van der Waals surface area contributed by atoms with Crippen molar-refractivity contribution in [2.45, 2.75) is 13.0 Å². The molecule has 0 bridgehead atoms. The van der Waals surface area contributed by atoms with Crippen LogP contribution in [-0.2, 0) is 11.3 Å². The third kappa shape index (κ3) is 5.47. The van der Waals surface area contributed by atoms with E-state index in [0.29, 0.717) is 37.8 Å². The minimum absolute atomic E-state index is 0.0468. The van der Waals surface area contributed by atoms with Crippen LogP contribution in [0.1, 0.15) is 22.3 Å². The zero-order chi connectivity index (χ0) is 25.8. The number of benzene rings is 2. The number of hydrogen-bond donors (Lipinski definition) is 0. The Balaban J connectivity index is 1.87. The third-order valence-electron chi connectivity index (χ3n) is 5.94. The second kappa shape index (κ2) is 10.7. The van der Waals surface area contributed by atoms with Crippen LogP contribution in [0.3, 0.4) is 0 Å². The van der Waals surface area contributed by atoms with Gasteiger partial charge in [0.25, 0.3) is 5.91 Å². The van der Waals surface area contributed by atoms with Gasteiger partial charge >= 0.3 is 0 Å². The van der Waals surface area contributed by atoms with Crippen molar-refractivity contribution in [2.75, 3.05) is 56.7 Å². The lowest BCUT2D eigenvalue weighted by Gasteiger charge is -2.28. The van der Waals surface area contributed by atoms with E-state index in [1.807, 2.05) is 11.0 Å². The molecule has 0 atom stereocenters. The van der Waals surface area contributed by atoms with Crippen molar-refractivity contribution in [1.82, 2.24) is 4.90 Å². The summed E-state index contributed by atoms with van der Waals surface area (Å²) in [5.74, 6) is -1.44. The summed E-state index contributed by atoms with van der Waals surface area (Å²) in [6, 6.07) is 9.67. The summed E-state index contributed by atoms with van der Waals surface area (Å²) in [7, 11) is 3.20. The fraction of sp³-hybridized carbons (Fsp3) is 0.346. The summed E-state index contributed by atoms with van der Waals surface area (Å²) in [5.41, 5.74) is 0.949. The van der Waals surface area contributed by atoms with Gasteiger partial charge in [0.2, 0.25) is 0 Å². The molecular formula is C26H26F2N4O4. The van der Waals surface area contributed by atoms with Gasteiger partial charge < -0.3 is 23.9 Å². The summed E-state index contributed by atoms with van der Waals surface area (Å²) in [4.78, 5) is 30.9. The molecule has 0 saturated carbocycles. The van der Waals surface area contributed by atoms with E-state index >= 15 is 0 Å². The summed E-state index contributed by atoms with van der Waals surface area (Å²) >= 11 is 0. The Morgan fingerprint density at radius 1 is 1.08 bits per heavy atom. The molecule has 188 valence electrons. The fourth-order valence-electron chi connectivity index (χ4n) is 4.17. The summed E-state index contributed by atoms with van der Waals surface area (Å²) < 4.78 is 39.6. The molecule has 1 aromatic heterocycles. The highest BCUT2D eigenvalue weighted by Gasteiger charge is 2.21. The first kappa shape index (κ1) is 25.1. The van der Waals surface area contributed by atoms with Gasteiger partial charge in [0, 0.05) is 69.2 Å². The van der Waals surface area contributed by atoms with E-state index in [4.69, 9.17) is 14.4 Å². The van der Waals surface area contributed by atoms with Crippen LogP contribution in [0.15, 0.2) is 45.6 Å². The molecule has 2 aromatic carbocycles. The predicted octanol–water partition coefficient (Wildman–Crippen LogP) is 3.53. The van der Waals surface area contributed by atoms with Gasteiger partial charge in [-0.3, -0.25) is 9.59 Å². The zero-order valence-corrected chi connectivity index (χ0v) is 20.1. The molecule has 1 fully saturated rings. The Morgan fingerprint density at radius 2 is 1.78 bits per heavy atom. The smallest absolute Gasteiger partial charge is 0.253 e. The van der Waals surface area contributed by atoms with Crippen molar-refractivity contribution in [3.05, 3.63) is 69.4 Å². The van der Waals surface area contributed by atoms with E-state index < -0.39 is 11.6 Å². The van der Waals surface area contributed by atoms with E-state index in [1.165, 1.54) is 29.2 Å². The Morgan fingerprint density at radius 3 is 2.42 bits per heavy atom. The number of hydrogen-bond acceptors (Lipinski definition) is 7. The van der Waals surface area contributed by atoms with Gasteiger partial charge in [0.05, 0.1) is 31.1 Å². The molecule has 1 saturated heterocycles. The van der Waals surface area contributed by atoms with Crippen molar-refractivity contribution in [1.29, 1.82) is 5.26 Å². The number of halogens is 2. The molecule has 1 amide bonds. The van der Waals surface area contributed by atoms with Gasteiger partial charge in [-0.2, -0.15) is 5.26 Å². The van der Waals surface area contributed by atoms with Gasteiger partial charge in [-0.05, 0) is 24.3 Å². The molecule has 0 aliphatic carbocycles. The fourth-order valence-corrected chi connectivity index (χ4v) is 4.17. The van der Waals surface area contributed by atoms with Crippen LogP contribution in [0.25, 0.3) is 11.0 Å². The van der Waals surface area contributed by atoms with Gasteiger partial charge in [-0.15, -0.1) is 0 Å². The quantitative estimate of drug-likeness (QED) is 0.494. The van der Waals surface area contributed by atoms with Crippen LogP contribution in [0, 0.1) is 23.0 Å². The molecule has 4 rings (SSSR count). The second-order valence-electron chi connectivity index (χ2n) is 8.72. The molecule has 2 heterocycles. The average Bonchev–Trinajstić information content (AvgIpc) is 2.85. The van der Waals surface area contributed by atoms with Gasteiger partial charge in [0.1, 0.15) is 17.2 Å². The van der Waals surface area contributed by atoms with Crippen LogP contribution < -0.4 is 15.2 Å². The number of anilines is 2. The number of carbonyl (C=O) groups is 1. The normalized spacial score (nSPS) is 13.5. The largest absolute Gasteiger partial charge is 0.440 e. The number of morpholine rings is 1. The molecule has 10 heteroatoms. The highest BCUT2D eigenvalue weighted by atomic mass is 19.1. The number of amides is 1. The first-order valence-electron chi connectivity index (χ1n) is 11.5. The van der Waals surface area contributed by atoms with Crippen molar-refractivity contribution < 1.29 is 22.7 Å². The first-order valence-corrected chi connectivity index (χ1v) is 11.5. The molecule has 1 aliphatic rings. The maximum Gasteiger partial charge on any atom is 0.253 e. The van der Waals surface area contributed by atoms with Crippen LogP contribution in [0.5, 0.6) is 0 Å². The molecule has 1 aliphatic heterocycles. The Hall–Kier alpha value is -3.97. The third-order valence-corrected chi connectivity index (χ3v) is 5.94. The number of rotatable bonds is 7. The lowest BCUT2D eigenvalue weighted by atomic mass is 10.0. The highest BCUT2D eigenvalue weighted by molar-refractivity contribution is 5.98. The van der Waals surface area contributed by atoms with Crippen LogP contribution in [0.4, 0.5) is 20.4 Å². The Bertz CT molecular complexity index is 1360. The molecule has 0 N–H and O–H groups in total. The number of ether oxygens (including phenoxy) is 1. The first-order chi connectivity index (χ1) is 17.3. The summed E-state index contributed by atoms with van der Waals surface area (Å²) in [6.45, 7) is 2.32. The number of fused-ring (bicyclic) bond motifs is 1. The molecule has 0 radical (unpaired) electrons. The van der Waals surface area contributed by atoms with Crippen LogP contribution in [-0.4, -0.2) is 57.8 Å². The van der Waals surface area contributed by atoms with Gasteiger partial charge in [-0.1, -0.05) is 0 Å². The average molecular weight is 497 g/mol. The van der Waals surface area contributed by atoms with Crippen molar-refractivity contribution in [3.8, 4) is 6.07 Å². The van der Waals surface area contributed by atoms with E-state index in [-0.39, 0.29) is 53.1 Å². The van der Waals surface area contributed by atoms with E-state index in [1.54, 1.807) is 25.1 Å². The van der Waals surface area contributed by atoms with Gasteiger partial charge in [0.15, 0.2) is 11.3 Å². The lowest BCUT2D eigenvalue weighted by molar-refractivity contribution is 0.0827. The van der Waals surface area contributed by atoms with E-state index in [0.717, 1.165) is 6.07 Å². The number of nitrogens with zero attached hydrogens (tertiary/aromatic N) is 4. The number of carbonyl (C=O) groups excluding carboxylic acids is 1. The van der Waals surface area contributed by atoms with Gasteiger partial charge in [-0.25, -0.2) is 8.78 Å². The van der Waals surface area contributed by atoms with E-state index in [9.17, 15) is 18.4 Å². The zero-order valence-electron chi connectivity index (χ0n) is 20.1. The number of nitriles is 1. The standard InChI is InChI=1S/C26H26F2N4O4/c1-30(2)26(34)17-10-18(16-32(5-3-4-29)21-13-19(27)12-20(28)14-21)25-22(11-17)23(33)15-24(36-25)31-6-8-35-9-7-31/h10-15H,3,5-9,16H2,1-2H3. The Kier molecular flexibility index (Phi) is 7.50. The monoisotopic (exact) mass is 496 g/mol. The molecule has 0 spiro atoms. The van der Waals surface area contributed by atoms with Crippen LogP contribution >= 0.6 is 0 Å². The molecule has 3 aromatic rings. The minimum atomic E-state index is -0.755. The topological polar surface area (TPSA) is 90.0 Å². The highest BCUT2D eigenvalue weighted by Crippen LogP contribution is 2.28. The van der Waals surface area contributed by atoms with Crippen molar-refractivity contribution in [2.24, 2.45) is 0 Å². The Labute approximate surface area is 206 Å². The predicted molar refractivity (Wildman–Crippen MR) is 131 cm³/mol. The van der Waals surface area contributed by atoms with E-state index in [2.05, 4.69) is 0 Å². The maximum atomic E-state index is 14.0. The van der Waals surface area contributed by atoms with Crippen molar-refractivity contribution >= 4 is 28.4 Å². The molecule has 8 nitrogen and oxygen atoms in total. The molecule has 36 heavy (non-hydrogen) atoms. The van der Waals surface area contributed by atoms with Crippen LogP contribution in [0.2, 0.25) is 0 Å².